The maximum Gasteiger partial charge on any atom is 0.409 e. The molecular weight excluding hydrogens is 272 g/mol. The summed E-state index contributed by atoms with van der Waals surface area (Å²) in [6.07, 6.45) is 3.09. The molecule has 0 unspecified atom stereocenters. The molecular formula is C14H22N4O3. The minimum absolute atomic E-state index is 0.0950. The summed E-state index contributed by atoms with van der Waals surface area (Å²) in [5.74, 6) is -0.346. The van der Waals surface area contributed by atoms with Crippen LogP contribution in [0.4, 0.5) is 4.79 Å². The predicted molar refractivity (Wildman–Crippen MR) is 77.2 cm³/mol. The van der Waals surface area contributed by atoms with Gasteiger partial charge in [0.05, 0.1) is 7.11 Å². The lowest BCUT2D eigenvalue weighted by atomic mass is 10.2. The number of piperazine rings is 1. The number of hydrogen-bond acceptors (Lipinski definition) is 5. The summed E-state index contributed by atoms with van der Waals surface area (Å²) in [6.45, 7) is 4.78. The van der Waals surface area contributed by atoms with Crippen molar-refractivity contribution in [3.8, 4) is 6.07 Å². The molecule has 0 aliphatic carbocycles. The molecule has 0 saturated carbocycles. The van der Waals surface area contributed by atoms with Gasteiger partial charge in [-0.15, -0.1) is 0 Å². The van der Waals surface area contributed by atoms with Crippen LogP contribution in [0.25, 0.3) is 0 Å². The Balaban J connectivity index is 2.51. The first-order valence-electron chi connectivity index (χ1n) is 7.09. The molecule has 2 amide bonds. The molecule has 7 heteroatoms. The van der Waals surface area contributed by atoms with Gasteiger partial charge in [0.15, 0.2) is 0 Å². The summed E-state index contributed by atoms with van der Waals surface area (Å²) in [4.78, 5) is 26.7. The Bertz CT molecular complexity index is 434. The largest absolute Gasteiger partial charge is 0.453 e. The summed E-state index contributed by atoms with van der Waals surface area (Å²) in [6, 6.07) is 1.92. The Morgan fingerprint density at radius 3 is 2.52 bits per heavy atom. The van der Waals surface area contributed by atoms with E-state index in [1.54, 1.807) is 11.1 Å². The molecule has 0 aromatic carbocycles. The van der Waals surface area contributed by atoms with Crippen LogP contribution in [0.3, 0.4) is 0 Å². The zero-order valence-corrected chi connectivity index (χ0v) is 12.6. The van der Waals surface area contributed by atoms with Crippen LogP contribution >= 0.6 is 0 Å². The summed E-state index contributed by atoms with van der Waals surface area (Å²) in [5, 5.41) is 11.8. The average Bonchev–Trinajstić information content (AvgIpc) is 2.52. The number of nitrogens with one attached hydrogen (secondary N) is 1. The van der Waals surface area contributed by atoms with E-state index in [2.05, 4.69) is 10.1 Å². The van der Waals surface area contributed by atoms with Crippen LogP contribution in [-0.2, 0) is 9.53 Å². The quantitative estimate of drug-likeness (QED) is 0.458. The van der Waals surface area contributed by atoms with Crippen LogP contribution in [0.2, 0.25) is 0 Å². The predicted octanol–water partition coefficient (Wildman–Crippen LogP) is 0.694. The Kier molecular flexibility index (Phi) is 7.09. The van der Waals surface area contributed by atoms with Gasteiger partial charge in [-0.3, -0.25) is 4.79 Å². The van der Waals surface area contributed by atoms with E-state index >= 15 is 0 Å². The molecule has 1 aliphatic heterocycles. The van der Waals surface area contributed by atoms with Crippen LogP contribution in [0.5, 0.6) is 0 Å². The molecule has 1 N–H and O–H groups in total. The minimum Gasteiger partial charge on any atom is -0.453 e. The fourth-order valence-corrected chi connectivity index (χ4v) is 1.96. The first-order valence-corrected chi connectivity index (χ1v) is 7.09. The smallest absolute Gasteiger partial charge is 0.409 e. The van der Waals surface area contributed by atoms with Gasteiger partial charge in [0.1, 0.15) is 11.6 Å². The Labute approximate surface area is 125 Å². The second kappa shape index (κ2) is 8.84. The van der Waals surface area contributed by atoms with Crippen molar-refractivity contribution in [2.45, 2.75) is 19.8 Å². The fraction of sp³-hybridized carbons (Fsp3) is 0.643. The van der Waals surface area contributed by atoms with Crippen LogP contribution in [-0.4, -0.2) is 61.6 Å². The van der Waals surface area contributed by atoms with Crippen molar-refractivity contribution in [2.24, 2.45) is 0 Å². The van der Waals surface area contributed by atoms with Gasteiger partial charge in [-0.1, -0.05) is 13.3 Å². The highest BCUT2D eigenvalue weighted by Gasteiger charge is 2.21. The van der Waals surface area contributed by atoms with E-state index in [1.807, 2.05) is 17.9 Å². The molecule has 0 aromatic rings. The number of methoxy groups -OCH3 is 1. The Morgan fingerprint density at radius 2 is 2.00 bits per heavy atom. The van der Waals surface area contributed by atoms with Crippen molar-refractivity contribution in [1.82, 2.24) is 15.1 Å². The third-order valence-corrected chi connectivity index (χ3v) is 3.24. The van der Waals surface area contributed by atoms with Crippen molar-refractivity contribution in [3.63, 3.8) is 0 Å². The Hall–Kier alpha value is -2.23. The van der Waals surface area contributed by atoms with Gasteiger partial charge in [-0.2, -0.15) is 5.26 Å². The second-order valence-corrected chi connectivity index (χ2v) is 4.76. The zero-order chi connectivity index (χ0) is 15.7. The summed E-state index contributed by atoms with van der Waals surface area (Å²) < 4.78 is 4.66. The minimum atomic E-state index is -0.351. The van der Waals surface area contributed by atoms with Crippen molar-refractivity contribution in [2.75, 3.05) is 39.8 Å². The monoisotopic (exact) mass is 294 g/mol. The lowest BCUT2D eigenvalue weighted by Crippen LogP contribution is -2.47. The number of carbonyl (C=O) groups excluding carboxylic acids is 2. The van der Waals surface area contributed by atoms with E-state index in [0.29, 0.717) is 32.7 Å². The molecule has 0 aromatic heterocycles. The average molecular weight is 294 g/mol. The molecule has 1 fully saturated rings. The second-order valence-electron chi connectivity index (χ2n) is 4.76. The van der Waals surface area contributed by atoms with Gasteiger partial charge >= 0.3 is 6.09 Å². The lowest BCUT2D eigenvalue weighted by molar-refractivity contribution is -0.117. The van der Waals surface area contributed by atoms with E-state index in [0.717, 1.165) is 12.8 Å². The van der Waals surface area contributed by atoms with Crippen molar-refractivity contribution in [1.29, 1.82) is 5.26 Å². The summed E-state index contributed by atoms with van der Waals surface area (Å²) >= 11 is 0. The summed E-state index contributed by atoms with van der Waals surface area (Å²) in [7, 11) is 1.35. The molecule has 0 atom stereocenters. The number of nitrogens with zero attached hydrogens (tertiary/aromatic N) is 3. The molecule has 1 rings (SSSR count). The number of unbranched alkanes of at least 4 members (excludes halogenated alkanes) is 1. The molecule has 21 heavy (non-hydrogen) atoms. The number of carbonyl (C=O) groups is 2. The summed E-state index contributed by atoms with van der Waals surface area (Å²) in [5.41, 5.74) is 0.0950. The fourth-order valence-electron chi connectivity index (χ4n) is 1.96. The number of rotatable bonds is 5. The molecule has 1 saturated heterocycles. The highest BCUT2D eigenvalue weighted by Crippen LogP contribution is 2.06. The number of amides is 2. The molecule has 7 nitrogen and oxygen atoms in total. The number of nitriles is 1. The molecule has 1 aliphatic rings. The third-order valence-electron chi connectivity index (χ3n) is 3.24. The number of ether oxygens (including phenoxy) is 1. The van der Waals surface area contributed by atoms with Crippen molar-refractivity contribution < 1.29 is 14.3 Å². The Morgan fingerprint density at radius 1 is 1.33 bits per heavy atom. The van der Waals surface area contributed by atoms with E-state index in [-0.39, 0.29) is 17.6 Å². The molecule has 1 heterocycles. The SMILES string of the molecule is CCCCNC(=O)/C(C#N)=C\N1CCN(C(=O)OC)CC1. The van der Waals surface area contributed by atoms with Crippen molar-refractivity contribution in [3.05, 3.63) is 11.8 Å². The van der Waals surface area contributed by atoms with Gasteiger partial charge in [0.2, 0.25) is 0 Å². The highest BCUT2D eigenvalue weighted by molar-refractivity contribution is 5.97. The van der Waals surface area contributed by atoms with Gasteiger partial charge in [0.25, 0.3) is 5.91 Å². The van der Waals surface area contributed by atoms with Crippen LogP contribution < -0.4 is 5.32 Å². The van der Waals surface area contributed by atoms with Crippen LogP contribution in [0.1, 0.15) is 19.8 Å². The van der Waals surface area contributed by atoms with E-state index in [1.165, 1.54) is 7.11 Å². The first kappa shape index (κ1) is 16.8. The van der Waals surface area contributed by atoms with Crippen LogP contribution in [0.15, 0.2) is 11.8 Å². The van der Waals surface area contributed by atoms with Gasteiger partial charge in [-0.05, 0) is 6.42 Å². The molecule has 116 valence electrons. The molecule has 0 radical (unpaired) electrons. The normalized spacial score (nSPS) is 15.4. The number of hydrogen-bond donors (Lipinski definition) is 1. The molecule has 0 bridgehead atoms. The first-order chi connectivity index (χ1) is 10.1. The van der Waals surface area contributed by atoms with Crippen molar-refractivity contribution >= 4 is 12.0 Å². The highest BCUT2D eigenvalue weighted by atomic mass is 16.5. The van der Waals surface area contributed by atoms with E-state index in [9.17, 15) is 9.59 Å². The van der Waals surface area contributed by atoms with E-state index in [4.69, 9.17) is 5.26 Å². The molecule has 0 spiro atoms. The van der Waals surface area contributed by atoms with Gasteiger partial charge in [0, 0.05) is 38.9 Å². The zero-order valence-electron chi connectivity index (χ0n) is 12.6. The lowest BCUT2D eigenvalue weighted by Gasteiger charge is -2.33. The van der Waals surface area contributed by atoms with Crippen LogP contribution in [0, 0.1) is 11.3 Å². The standard InChI is InChI=1S/C14H22N4O3/c1-3-4-5-16-13(19)12(10-15)11-17-6-8-18(9-7-17)14(20)21-2/h11H,3-9H2,1-2H3,(H,16,19)/b12-11-. The topological polar surface area (TPSA) is 85.7 Å². The third kappa shape index (κ3) is 5.34. The van der Waals surface area contributed by atoms with E-state index < -0.39 is 0 Å². The maximum absolute atomic E-state index is 11.8. The maximum atomic E-state index is 11.8. The van der Waals surface area contributed by atoms with Gasteiger partial charge < -0.3 is 19.9 Å². The van der Waals surface area contributed by atoms with Gasteiger partial charge in [-0.25, -0.2) is 4.79 Å².